The third-order valence-electron chi connectivity index (χ3n) is 2.93. The highest BCUT2D eigenvalue weighted by Gasteiger charge is 2.26. The highest BCUT2D eigenvalue weighted by atomic mass is 35.5. The first-order chi connectivity index (χ1) is 8.11. The lowest BCUT2D eigenvalue weighted by Gasteiger charge is -2.17. The number of anilines is 1. The molecule has 2 rings (SSSR count). The summed E-state index contributed by atoms with van der Waals surface area (Å²) in [7, 11) is 1.76. The summed E-state index contributed by atoms with van der Waals surface area (Å²) < 4.78 is 0. The van der Waals surface area contributed by atoms with Crippen LogP contribution in [0, 0.1) is 0 Å². The molecule has 1 aliphatic rings. The van der Waals surface area contributed by atoms with Gasteiger partial charge in [0, 0.05) is 30.8 Å². The number of rotatable bonds is 2. The van der Waals surface area contributed by atoms with Crippen LogP contribution in [0.5, 0.6) is 0 Å². The van der Waals surface area contributed by atoms with E-state index in [4.69, 9.17) is 11.6 Å². The molecular weight excluding hydrogens is 240 g/mol. The van der Waals surface area contributed by atoms with Gasteiger partial charge in [0.15, 0.2) is 0 Å². The lowest BCUT2D eigenvalue weighted by atomic mass is 10.1. The lowest BCUT2D eigenvalue weighted by molar-refractivity contribution is 0.0766. The number of hydrogen-bond donors (Lipinski definition) is 2. The number of aliphatic hydroxyl groups is 1. The number of aliphatic hydroxyl groups excluding tert-OH is 1. The van der Waals surface area contributed by atoms with Gasteiger partial charge in [-0.25, -0.2) is 0 Å². The highest BCUT2D eigenvalue weighted by Crippen LogP contribution is 2.23. The Balaban J connectivity index is 2.26. The Bertz CT molecular complexity index is 437. The standard InChI is InChI=1S/C12H15ClN2O2/c1-14-11-3-2-8(13)6-10(11)12(17)15-5-4-9(16)7-15/h2-3,6,9,14,16H,4-5,7H2,1H3. The van der Waals surface area contributed by atoms with Crippen molar-refractivity contribution in [3.8, 4) is 0 Å². The second-order valence-corrected chi connectivity index (χ2v) is 4.57. The average Bonchev–Trinajstić information content (AvgIpc) is 2.75. The van der Waals surface area contributed by atoms with Crippen molar-refractivity contribution in [2.24, 2.45) is 0 Å². The fourth-order valence-corrected chi connectivity index (χ4v) is 2.18. The van der Waals surface area contributed by atoms with Gasteiger partial charge >= 0.3 is 0 Å². The van der Waals surface area contributed by atoms with E-state index in [2.05, 4.69) is 5.32 Å². The summed E-state index contributed by atoms with van der Waals surface area (Å²) in [5, 5.41) is 12.9. The topological polar surface area (TPSA) is 52.6 Å². The molecule has 4 nitrogen and oxygen atoms in total. The number of benzene rings is 1. The van der Waals surface area contributed by atoms with Gasteiger partial charge in [0.25, 0.3) is 5.91 Å². The van der Waals surface area contributed by atoms with Crippen LogP contribution in [0.3, 0.4) is 0 Å². The largest absolute Gasteiger partial charge is 0.391 e. The molecule has 0 aliphatic carbocycles. The van der Waals surface area contributed by atoms with Crippen molar-refractivity contribution in [3.05, 3.63) is 28.8 Å². The minimum Gasteiger partial charge on any atom is -0.391 e. The van der Waals surface area contributed by atoms with E-state index in [-0.39, 0.29) is 5.91 Å². The normalized spacial score (nSPS) is 19.5. The van der Waals surface area contributed by atoms with Crippen LogP contribution in [0.25, 0.3) is 0 Å². The van der Waals surface area contributed by atoms with E-state index >= 15 is 0 Å². The van der Waals surface area contributed by atoms with Crippen molar-refractivity contribution in [2.45, 2.75) is 12.5 Å². The first-order valence-corrected chi connectivity index (χ1v) is 5.94. The number of likely N-dealkylation sites (tertiary alicyclic amines) is 1. The molecule has 2 N–H and O–H groups in total. The van der Waals surface area contributed by atoms with Crippen molar-refractivity contribution in [1.29, 1.82) is 0 Å². The molecule has 5 heteroatoms. The lowest BCUT2D eigenvalue weighted by Crippen LogP contribution is -2.30. The van der Waals surface area contributed by atoms with Gasteiger partial charge in [0.2, 0.25) is 0 Å². The molecule has 1 fully saturated rings. The summed E-state index contributed by atoms with van der Waals surface area (Å²) in [6, 6.07) is 5.17. The molecule has 0 bridgehead atoms. The van der Waals surface area contributed by atoms with E-state index in [1.807, 2.05) is 0 Å². The number of β-amino-alcohol motifs (C(OH)–C–C–N with tert-alkyl or cyclic N) is 1. The van der Waals surface area contributed by atoms with Gasteiger partial charge in [-0.3, -0.25) is 4.79 Å². The van der Waals surface area contributed by atoms with Crippen LogP contribution in [-0.4, -0.2) is 42.2 Å². The van der Waals surface area contributed by atoms with E-state index in [0.29, 0.717) is 30.1 Å². The minimum absolute atomic E-state index is 0.0894. The number of hydrogen-bond acceptors (Lipinski definition) is 3. The quantitative estimate of drug-likeness (QED) is 0.843. The Labute approximate surface area is 105 Å². The molecule has 0 spiro atoms. The number of carbonyl (C=O) groups is 1. The van der Waals surface area contributed by atoms with E-state index in [1.54, 1.807) is 30.1 Å². The number of carbonyl (C=O) groups excluding carboxylic acids is 1. The molecule has 1 unspecified atom stereocenters. The Morgan fingerprint density at radius 3 is 2.94 bits per heavy atom. The van der Waals surface area contributed by atoms with Crippen molar-refractivity contribution >= 4 is 23.2 Å². The van der Waals surface area contributed by atoms with Crippen molar-refractivity contribution in [1.82, 2.24) is 4.90 Å². The van der Waals surface area contributed by atoms with Crippen LogP contribution < -0.4 is 5.32 Å². The first-order valence-electron chi connectivity index (χ1n) is 5.56. The summed E-state index contributed by atoms with van der Waals surface area (Å²) in [6.45, 7) is 0.990. The predicted molar refractivity (Wildman–Crippen MR) is 67.5 cm³/mol. The zero-order valence-electron chi connectivity index (χ0n) is 9.61. The second kappa shape index (κ2) is 4.94. The van der Waals surface area contributed by atoms with E-state index in [0.717, 1.165) is 5.69 Å². The fourth-order valence-electron chi connectivity index (χ4n) is 2.01. The zero-order chi connectivity index (χ0) is 12.4. The maximum Gasteiger partial charge on any atom is 0.256 e. The average molecular weight is 255 g/mol. The molecular formula is C12H15ClN2O2. The molecule has 1 heterocycles. The number of halogens is 1. The summed E-state index contributed by atoms with van der Waals surface area (Å²) in [6.07, 6.45) is 0.234. The first kappa shape index (κ1) is 12.2. The third-order valence-corrected chi connectivity index (χ3v) is 3.17. The van der Waals surface area contributed by atoms with Crippen molar-refractivity contribution in [2.75, 3.05) is 25.5 Å². The maximum absolute atomic E-state index is 12.2. The molecule has 92 valence electrons. The number of nitrogens with one attached hydrogen (secondary N) is 1. The van der Waals surface area contributed by atoms with Crippen LogP contribution in [0.2, 0.25) is 5.02 Å². The monoisotopic (exact) mass is 254 g/mol. The summed E-state index contributed by atoms with van der Waals surface area (Å²) in [5.41, 5.74) is 1.30. The summed E-state index contributed by atoms with van der Waals surface area (Å²) in [4.78, 5) is 13.9. The Morgan fingerprint density at radius 1 is 1.59 bits per heavy atom. The second-order valence-electron chi connectivity index (χ2n) is 4.13. The summed E-state index contributed by atoms with van der Waals surface area (Å²) in [5.74, 6) is -0.0894. The van der Waals surface area contributed by atoms with E-state index < -0.39 is 6.10 Å². The SMILES string of the molecule is CNc1ccc(Cl)cc1C(=O)N1CCC(O)C1. The molecule has 1 aliphatic heterocycles. The molecule has 17 heavy (non-hydrogen) atoms. The zero-order valence-corrected chi connectivity index (χ0v) is 10.4. The molecule has 0 aromatic heterocycles. The van der Waals surface area contributed by atoms with Gasteiger partial charge in [-0.1, -0.05) is 11.6 Å². The molecule has 1 aromatic rings. The van der Waals surface area contributed by atoms with E-state index in [9.17, 15) is 9.90 Å². The number of nitrogens with zero attached hydrogens (tertiary/aromatic N) is 1. The molecule has 1 saturated heterocycles. The predicted octanol–water partition coefficient (Wildman–Crippen LogP) is 1.59. The minimum atomic E-state index is -0.406. The van der Waals surface area contributed by atoms with Gasteiger partial charge in [-0.2, -0.15) is 0 Å². The van der Waals surface area contributed by atoms with Crippen LogP contribution in [-0.2, 0) is 0 Å². The fraction of sp³-hybridized carbons (Fsp3) is 0.417. The molecule has 1 aromatic carbocycles. The van der Waals surface area contributed by atoms with Gasteiger partial charge < -0.3 is 15.3 Å². The van der Waals surface area contributed by atoms with Gasteiger partial charge in [0.1, 0.15) is 0 Å². The molecule has 0 radical (unpaired) electrons. The van der Waals surface area contributed by atoms with Gasteiger partial charge in [-0.05, 0) is 24.6 Å². The Hall–Kier alpha value is -1.26. The van der Waals surface area contributed by atoms with Crippen LogP contribution in [0.1, 0.15) is 16.8 Å². The molecule has 0 saturated carbocycles. The van der Waals surface area contributed by atoms with Crippen LogP contribution in [0.15, 0.2) is 18.2 Å². The third kappa shape index (κ3) is 2.53. The summed E-state index contributed by atoms with van der Waals surface area (Å²) >= 11 is 5.91. The maximum atomic E-state index is 12.2. The van der Waals surface area contributed by atoms with Gasteiger partial charge in [-0.15, -0.1) is 0 Å². The smallest absolute Gasteiger partial charge is 0.256 e. The Morgan fingerprint density at radius 2 is 2.35 bits per heavy atom. The highest BCUT2D eigenvalue weighted by molar-refractivity contribution is 6.31. The molecule has 1 atom stereocenters. The van der Waals surface area contributed by atoms with Crippen LogP contribution in [0.4, 0.5) is 5.69 Å². The Kier molecular flexibility index (Phi) is 3.54. The van der Waals surface area contributed by atoms with Crippen molar-refractivity contribution < 1.29 is 9.90 Å². The number of amides is 1. The van der Waals surface area contributed by atoms with Crippen molar-refractivity contribution in [3.63, 3.8) is 0 Å². The van der Waals surface area contributed by atoms with Gasteiger partial charge in [0.05, 0.1) is 11.7 Å². The van der Waals surface area contributed by atoms with Crippen LogP contribution >= 0.6 is 11.6 Å². The molecule has 1 amide bonds. The van der Waals surface area contributed by atoms with E-state index in [1.165, 1.54) is 0 Å².